The molecule has 6 heteroatoms. The Labute approximate surface area is 127 Å². The molecule has 2 aromatic rings. The van der Waals surface area contributed by atoms with Crippen LogP contribution in [-0.2, 0) is 11.3 Å². The topological polar surface area (TPSA) is 74.7 Å². The molecule has 22 heavy (non-hydrogen) atoms. The summed E-state index contributed by atoms with van der Waals surface area (Å²) in [5.74, 6) is -0.317. The van der Waals surface area contributed by atoms with Crippen molar-refractivity contribution in [3.05, 3.63) is 53.3 Å². The van der Waals surface area contributed by atoms with Crippen LogP contribution in [0.1, 0.15) is 26.5 Å². The van der Waals surface area contributed by atoms with Crippen molar-refractivity contribution < 1.29 is 23.8 Å². The van der Waals surface area contributed by atoms with Crippen LogP contribution in [-0.4, -0.2) is 31.5 Å². The summed E-state index contributed by atoms with van der Waals surface area (Å²) in [7, 11) is 2.64. The molecule has 114 valence electrons. The predicted molar refractivity (Wildman–Crippen MR) is 78.3 cm³/mol. The van der Waals surface area contributed by atoms with Gasteiger partial charge in [-0.3, -0.25) is 4.79 Å². The molecule has 0 aliphatic rings. The van der Waals surface area contributed by atoms with E-state index in [1.165, 1.54) is 20.3 Å². The number of aromatic nitrogens is 1. The van der Waals surface area contributed by atoms with Crippen LogP contribution in [0.5, 0.6) is 11.5 Å². The van der Waals surface area contributed by atoms with Crippen LogP contribution in [0.4, 0.5) is 0 Å². The molecule has 0 unspecified atom stereocenters. The maximum Gasteiger partial charge on any atom is 0.360 e. The van der Waals surface area contributed by atoms with Crippen LogP contribution >= 0.6 is 0 Å². The zero-order chi connectivity index (χ0) is 15.9. The van der Waals surface area contributed by atoms with E-state index in [9.17, 15) is 9.59 Å². The number of aldehydes is 1. The van der Waals surface area contributed by atoms with E-state index < -0.39 is 5.97 Å². The van der Waals surface area contributed by atoms with E-state index in [-0.39, 0.29) is 29.5 Å². The lowest BCUT2D eigenvalue weighted by molar-refractivity contribution is 0.0587. The second-order valence-corrected chi connectivity index (χ2v) is 4.31. The van der Waals surface area contributed by atoms with Crippen LogP contribution in [0.25, 0.3) is 0 Å². The van der Waals surface area contributed by atoms with E-state index in [1.807, 2.05) is 30.3 Å². The average molecular weight is 301 g/mol. The number of carbonyl (C=O) groups is 2. The molecule has 0 atom stereocenters. The van der Waals surface area contributed by atoms with E-state index in [2.05, 4.69) is 9.72 Å². The highest BCUT2D eigenvalue weighted by atomic mass is 16.5. The maximum atomic E-state index is 11.8. The first-order valence-electron chi connectivity index (χ1n) is 6.48. The molecule has 0 aliphatic heterocycles. The molecule has 0 spiro atoms. The zero-order valence-corrected chi connectivity index (χ0v) is 12.2. The third-order valence-electron chi connectivity index (χ3n) is 2.90. The number of pyridine rings is 1. The van der Waals surface area contributed by atoms with Gasteiger partial charge >= 0.3 is 5.97 Å². The fraction of sp³-hybridized carbons (Fsp3) is 0.188. The molecule has 0 N–H and O–H groups in total. The van der Waals surface area contributed by atoms with Gasteiger partial charge in [-0.1, -0.05) is 30.3 Å². The molecule has 0 bridgehead atoms. The normalized spacial score (nSPS) is 9.91. The van der Waals surface area contributed by atoms with Gasteiger partial charge in [0.1, 0.15) is 12.3 Å². The number of hydrogen-bond donors (Lipinski definition) is 0. The van der Waals surface area contributed by atoms with Crippen molar-refractivity contribution in [1.82, 2.24) is 4.98 Å². The van der Waals surface area contributed by atoms with E-state index in [4.69, 9.17) is 9.47 Å². The molecule has 0 amide bonds. The largest absolute Gasteiger partial charge is 0.493 e. The minimum atomic E-state index is -0.704. The average Bonchev–Trinajstić information content (AvgIpc) is 2.59. The number of esters is 1. The molecule has 0 radical (unpaired) electrons. The monoisotopic (exact) mass is 301 g/mol. The lowest BCUT2D eigenvalue weighted by atomic mass is 10.2. The van der Waals surface area contributed by atoms with Gasteiger partial charge in [0.15, 0.2) is 23.5 Å². The van der Waals surface area contributed by atoms with Crippen molar-refractivity contribution in [2.75, 3.05) is 14.2 Å². The molecule has 1 aromatic carbocycles. The highest BCUT2D eigenvalue weighted by molar-refractivity contribution is 5.92. The molecular weight excluding hydrogens is 286 g/mol. The van der Waals surface area contributed by atoms with Crippen LogP contribution in [0.15, 0.2) is 36.4 Å². The first-order chi connectivity index (χ1) is 10.7. The minimum absolute atomic E-state index is 0.0595. The Morgan fingerprint density at radius 3 is 2.55 bits per heavy atom. The fourth-order valence-corrected chi connectivity index (χ4v) is 1.84. The van der Waals surface area contributed by atoms with Crippen LogP contribution < -0.4 is 9.47 Å². The molecular formula is C16H15NO5. The van der Waals surface area contributed by atoms with E-state index in [0.717, 1.165) is 5.56 Å². The summed E-state index contributed by atoms with van der Waals surface area (Å²) >= 11 is 0. The maximum absolute atomic E-state index is 11.8. The van der Waals surface area contributed by atoms with Crippen molar-refractivity contribution in [1.29, 1.82) is 0 Å². The lowest BCUT2D eigenvalue weighted by Gasteiger charge is -2.14. The molecule has 0 fully saturated rings. The molecule has 0 saturated heterocycles. The molecule has 1 heterocycles. The lowest BCUT2D eigenvalue weighted by Crippen LogP contribution is -2.11. The molecule has 0 aliphatic carbocycles. The Bertz CT molecular complexity index is 670. The number of carbonyl (C=O) groups excluding carboxylic acids is 2. The third kappa shape index (κ3) is 3.41. The number of ether oxygens (including phenoxy) is 3. The first-order valence-corrected chi connectivity index (χ1v) is 6.48. The van der Waals surface area contributed by atoms with Crippen molar-refractivity contribution in [3.63, 3.8) is 0 Å². The van der Waals surface area contributed by atoms with Crippen LogP contribution in [0.2, 0.25) is 0 Å². The number of hydrogen-bond acceptors (Lipinski definition) is 6. The summed E-state index contributed by atoms with van der Waals surface area (Å²) in [4.78, 5) is 26.7. The van der Waals surface area contributed by atoms with Gasteiger partial charge in [0.05, 0.1) is 14.2 Å². The predicted octanol–water partition coefficient (Wildman–Crippen LogP) is 2.27. The molecule has 0 saturated carbocycles. The Hall–Kier alpha value is -2.89. The van der Waals surface area contributed by atoms with E-state index >= 15 is 0 Å². The SMILES string of the molecule is COC(=O)c1nc(C=O)cc(OC)c1OCc1ccccc1. The highest BCUT2D eigenvalue weighted by Gasteiger charge is 2.21. The summed E-state index contributed by atoms with van der Waals surface area (Å²) in [5, 5.41) is 0. The van der Waals surface area contributed by atoms with Crippen molar-refractivity contribution in [2.45, 2.75) is 6.61 Å². The summed E-state index contributed by atoms with van der Waals surface area (Å²) in [6, 6.07) is 10.8. The summed E-state index contributed by atoms with van der Waals surface area (Å²) in [6.07, 6.45) is 0.524. The van der Waals surface area contributed by atoms with Crippen molar-refractivity contribution >= 4 is 12.3 Å². The number of benzene rings is 1. The van der Waals surface area contributed by atoms with Crippen LogP contribution in [0.3, 0.4) is 0 Å². The number of nitrogens with zero attached hydrogens (tertiary/aromatic N) is 1. The van der Waals surface area contributed by atoms with E-state index in [1.54, 1.807) is 0 Å². The summed E-state index contributed by atoms with van der Waals surface area (Å²) in [5.41, 5.74) is 0.879. The summed E-state index contributed by atoms with van der Waals surface area (Å²) in [6.45, 7) is 0.226. The Kier molecular flexibility index (Phi) is 5.08. The van der Waals surface area contributed by atoms with Gasteiger partial charge in [-0.2, -0.15) is 0 Å². The standard InChI is InChI=1S/C16H15NO5/c1-20-13-8-12(9-18)17-14(16(19)21-2)15(13)22-10-11-6-4-3-5-7-11/h3-9H,10H2,1-2H3. The second-order valence-electron chi connectivity index (χ2n) is 4.31. The Balaban J connectivity index is 2.38. The van der Waals surface area contributed by atoms with Gasteiger partial charge in [0.25, 0.3) is 0 Å². The Morgan fingerprint density at radius 2 is 1.95 bits per heavy atom. The highest BCUT2D eigenvalue weighted by Crippen LogP contribution is 2.31. The number of methoxy groups -OCH3 is 2. The Morgan fingerprint density at radius 1 is 1.23 bits per heavy atom. The van der Waals surface area contributed by atoms with Gasteiger partial charge < -0.3 is 14.2 Å². The van der Waals surface area contributed by atoms with Crippen molar-refractivity contribution in [3.8, 4) is 11.5 Å². The summed E-state index contributed by atoms with van der Waals surface area (Å²) < 4.78 is 15.5. The van der Waals surface area contributed by atoms with E-state index in [0.29, 0.717) is 6.29 Å². The molecule has 6 nitrogen and oxygen atoms in total. The van der Waals surface area contributed by atoms with Gasteiger partial charge in [-0.05, 0) is 5.56 Å². The van der Waals surface area contributed by atoms with Gasteiger partial charge in [-0.25, -0.2) is 9.78 Å². The van der Waals surface area contributed by atoms with Gasteiger partial charge in [-0.15, -0.1) is 0 Å². The minimum Gasteiger partial charge on any atom is -0.493 e. The number of rotatable bonds is 6. The zero-order valence-electron chi connectivity index (χ0n) is 12.2. The van der Waals surface area contributed by atoms with Crippen molar-refractivity contribution in [2.24, 2.45) is 0 Å². The van der Waals surface area contributed by atoms with Crippen LogP contribution in [0, 0.1) is 0 Å². The quantitative estimate of drug-likeness (QED) is 0.602. The molecule has 2 rings (SSSR count). The van der Waals surface area contributed by atoms with Gasteiger partial charge in [0.2, 0.25) is 0 Å². The van der Waals surface area contributed by atoms with Gasteiger partial charge in [0, 0.05) is 6.07 Å². The first kappa shape index (κ1) is 15.5. The molecule has 1 aromatic heterocycles. The fourth-order valence-electron chi connectivity index (χ4n) is 1.84. The smallest absolute Gasteiger partial charge is 0.360 e. The second kappa shape index (κ2) is 7.21. The third-order valence-corrected chi connectivity index (χ3v) is 2.90.